The molecule has 1 aromatic carbocycles. The van der Waals surface area contributed by atoms with Gasteiger partial charge in [-0.25, -0.2) is 4.98 Å². The summed E-state index contributed by atoms with van der Waals surface area (Å²) in [7, 11) is 0. The monoisotopic (exact) mass is 371 g/mol. The standard InChI is InChI=1S/C21H17N5O2/c27-21(17-12-16(24-25-17)14-6-9-22-10-7-14)26-11-8-19-18(13-26)23-20(28-19)15-4-2-1-3-5-15/h1-7,9-10,12H,8,11,13H2,(H,24,25). The van der Waals surface area contributed by atoms with E-state index in [1.807, 2.05) is 42.5 Å². The van der Waals surface area contributed by atoms with E-state index in [1.165, 1.54) is 0 Å². The molecule has 1 aliphatic rings. The smallest absolute Gasteiger partial charge is 0.272 e. The van der Waals surface area contributed by atoms with E-state index in [-0.39, 0.29) is 5.91 Å². The van der Waals surface area contributed by atoms with Crippen LogP contribution in [-0.4, -0.2) is 37.5 Å². The van der Waals surface area contributed by atoms with Gasteiger partial charge in [0.1, 0.15) is 17.1 Å². The maximum Gasteiger partial charge on any atom is 0.272 e. The molecule has 0 spiro atoms. The van der Waals surface area contributed by atoms with Gasteiger partial charge in [-0.1, -0.05) is 18.2 Å². The first kappa shape index (κ1) is 16.4. The number of carbonyl (C=O) groups excluding carboxylic acids is 1. The predicted octanol–water partition coefficient (Wildman–Crippen LogP) is 3.33. The van der Waals surface area contributed by atoms with Crippen molar-refractivity contribution in [3.63, 3.8) is 0 Å². The summed E-state index contributed by atoms with van der Waals surface area (Å²) in [4.78, 5) is 23.3. The molecule has 7 nitrogen and oxygen atoms in total. The second kappa shape index (κ2) is 6.77. The summed E-state index contributed by atoms with van der Waals surface area (Å²) < 4.78 is 5.91. The third-order valence-electron chi connectivity index (χ3n) is 4.82. The van der Waals surface area contributed by atoms with Crippen molar-refractivity contribution < 1.29 is 9.21 Å². The minimum atomic E-state index is -0.0947. The van der Waals surface area contributed by atoms with E-state index < -0.39 is 0 Å². The number of benzene rings is 1. The quantitative estimate of drug-likeness (QED) is 0.597. The van der Waals surface area contributed by atoms with E-state index in [0.29, 0.717) is 31.1 Å². The highest BCUT2D eigenvalue weighted by Gasteiger charge is 2.27. The molecule has 1 N–H and O–H groups in total. The second-order valence-electron chi connectivity index (χ2n) is 6.63. The fraction of sp³-hybridized carbons (Fsp3) is 0.143. The molecule has 138 valence electrons. The zero-order valence-electron chi connectivity index (χ0n) is 15.0. The molecule has 0 radical (unpaired) electrons. The molecular weight excluding hydrogens is 354 g/mol. The maximum atomic E-state index is 12.9. The average Bonchev–Trinajstić information content (AvgIpc) is 3.41. The molecule has 4 heterocycles. The number of rotatable bonds is 3. The van der Waals surface area contributed by atoms with Crippen LogP contribution in [0.15, 0.2) is 65.3 Å². The van der Waals surface area contributed by atoms with Crippen molar-refractivity contribution in [2.45, 2.75) is 13.0 Å². The Morgan fingerprint density at radius 1 is 1.07 bits per heavy atom. The van der Waals surface area contributed by atoms with Gasteiger partial charge >= 0.3 is 0 Å². The van der Waals surface area contributed by atoms with E-state index in [4.69, 9.17) is 4.42 Å². The molecule has 4 aromatic rings. The van der Waals surface area contributed by atoms with Crippen molar-refractivity contribution >= 4 is 5.91 Å². The number of aromatic amines is 1. The van der Waals surface area contributed by atoms with Gasteiger partial charge in [-0.15, -0.1) is 0 Å². The molecule has 1 aliphatic heterocycles. The molecule has 7 heteroatoms. The van der Waals surface area contributed by atoms with Crippen molar-refractivity contribution in [3.05, 3.63) is 78.1 Å². The number of carbonyl (C=O) groups is 1. The number of nitrogens with one attached hydrogen (secondary N) is 1. The Kier molecular flexibility index (Phi) is 3.97. The first-order valence-corrected chi connectivity index (χ1v) is 9.07. The van der Waals surface area contributed by atoms with Crippen LogP contribution in [0.2, 0.25) is 0 Å². The summed E-state index contributed by atoms with van der Waals surface area (Å²) in [5.74, 6) is 1.36. The Labute approximate surface area is 161 Å². The topological polar surface area (TPSA) is 87.9 Å². The number of nitrogens with zero attached hydrogens (tertiary/aromatic N) is 4. The molecule has 1 amide bonds. The van der Waals surface area contributed by atoms with Crippen molar-refractivity contribution in [1.82, 2.24) is 25.1 Å². The van der Waals surface area contributed by atoms with Crippen LogP contribution < -0.4 is 0 Å². The Morgan fingerprint density at radius 2 is 1.89 bits per heavy atom. The van der Waals surface area contributed by atoms with E-state index >= 15 is 0 Å². The molecule has 5 rings (SSSR count). The molecule has 3 aromatic heterocycles. The molecule has 28 heavy (non-hydrogen) atoms. The van der Waals surface area contributed by atoms with E-state index in [0.717, 1.165) is 28.3 Å². The van der Waals surface area contributed by atoms with Crippen LogP contribution in [0.5, 0.6) is 0 Å². The number of amides is 1. The summed E-state index contributed by atoms with van der Waals surface area (Å²) in [6.07, 6.45) is 4.05. The molecule has 0 saturated heterocycles. The minimum Gasteiger partial charge on any atom is -0.441 e. The third kappa shape index (κ3) is 2.96. The zero-order chi connectivity index (χ0) is 18.9. The molecule has 0 saturated carbocycles. The van der Waals surface area contributed by atoms with Crippen molar-refractivity contribution in [3.8, 4) is 22.7 Å². The first-order valence-electron chi connectivity index (χ1n) is 9.07. The van der Waals surface area contributed by atoms with Crippen molar-refractivity contribution in [2.24, 2.45) is 0 Å². The molecule has 0 bridgehead atoms. The Morgan fingerprint density at radius 3 is 2.71 bits per heavy atom. The van der Waals surface area contributed by atoms with Crippen LogP contribution >= 0.6 is 0 Å². The van der Waals surface area contributed by atoms with E-state index in [1.54, 1.807) is 23.4 Å². The number of hydrogen-bond donors (Lipinski definition) is 1. The molecule has 0 unspecified atom stereocenters. The van der Waals surface area contributed by atoms with Gasteiger partial charge in [0.05, 0.1) is 12.2 Å². The van der Waals surface area contributed by atoms with Crippen LogP contribution in [0.4, 0.5) is 0 Å². The summed E-state index contributed by atoms with van der Waals surface area (Å²) in [5, 5.41) is 7.11. The van der Waals surface area contributed by atoms with Crippen molar-refractivity contribution in [2.75, 3.05) is 6.54 Å². The van der Waals surface area contributed by atoms with Crippen LogP contribution in [0, 0.1) is 0 Å². The van der Waals surface area contributed by atoms with E-state index in [2.05, 4.69) is 20.2 Å². The van der Waals surface area contributed by atoms with Gasteiger partial charge in [0.15, 0.2) is 0 Å². The number of hydrogen-bond acceptors (Lipinski definition) is 5. The first-order chi connectivity index (χ1) is 13.8. The van der Waals surface area contributed by atoms with Crippen LogP contribution in [0.25, 0.3) is 22.7 Å². The van der Waals surface area contributed by atoms with Gasteiger partial charge in [-0.3, -0.25) is 14.9 Å². The summed E-state index contributed by atoms with van der Waals surface area (Å²) in [5.41, 5.74) is 3.84. The lowest BCUT2D eigenvalue weighted by molar-refractivity contribution is 0.0722. The van der Waals surface area contributed by atoms with Crippen LogP contribution in [0.3, 0.4) is 0 Å². The highest BCUT2D eigenvalue weighted by atomic mass is 16.4. The van der Waals surface area contributed by atoms with Gasteiger partial charge in [0.2, 0.25) is 5.89 Å². The van der Waals surface area contributed by atoms with Gasteiger partial charge in [-0.2, -0.15) is 5.10 Å². The lowest BCUT2D eigenvalue weighted by Gasteiger charge is -2.24. The normalized spacial score (nSPS) is 13.4. The number of oxazole rings is 1. The molecular formula is C21H17N5O2. The third-order valence-corrected chi connectivity index (χ3v) is 4.82. The van der Waals surface area contributed by atoms with Crippen LogP contribution in [-0.2, 0) is 13.0 Å². The van der Waals surface area contributed by atoms with E-state index in [9.17, 15) is 4.79 Å². The summed E-state index contributed by atoms with van der Waals surface area (Å²) >= 11 is 0. The highest BCUT2D eigenvalue weighted by Crippen LogP contribution is 2.27. The largest absolute Gasteiger partial charge is 0.441 e. The van der Waals surface area contributed by atoms with Gasteiger partial charge in [0.25, 0.3) is 5.91 Å². The fourth-order valence-corrected chi connectivity index (χ4v) is 3.35. The number of fused-ring (bicyclic) bond motifs is 1. The van der Waals surface area contributed by atoms with Crippen molar-refractivity contribution in [1.29, 1.82) is 0 Å². The SMILES string of the molecule is O=C(c1cc(-c2ccncc2)n[nH]1)N1CCc2oc(-c3ccccc3)nc2C1. The Bertz CT molecular complexity index is 1120. The zero-order valence-corrected chi connectivity index (χ0v) is 15.0. The van der Waals surface area contributed by atoms with Gasteiger partial charge in [-0.05, 0) is 30.3 Å². The number of H-pyrrole nitrogens is 1. The molecule has 0 aliphatic carbocycles. The molecule has 0 atom stereocenters. The maximum absolute atomic E-state index is 12.9. The molecule has 0 fully saturated rings. The number of pyridine rings is 1. The lowest BCUT2D eigenvalue weighted by atomic mass is 10.1. The Balaban J connectivity index is 1.36. The summed E-state index contributed by atoms with van der Waals surface area (Å²) in [6, 6.07) is 15.3. The lowest BCUT2D eigenvalue weighted by Crippen LogP contribution is -2.36. The van der Waals surface area contributed by atoms with Crippen LogP contribution in [0.1, 0.15) is 21.9 Å². The van der Waals surface area contributed by atoms with Gasteiger partial charge in [0, 0.05) is 36.5 Å². The highest BCUT2D eigenvalue weighted by molar-refractivity contribution is 5.93. The predicted molar refractivity (Wildman–Crippen MR) is 102 cm³/mol. The van der Waals surface area contributed by atoms with Gasteiger partial charge < -0.3 is 9.32 Å². The minimum absolute atomic E-state index is 0.0947. The fourth-order valence-electron chi connectivity index (χ4n) is 3.35. The second-order valence-corrected chi connectivity index (χ2v) is 6.63. The average molecular weight is 371 g/mol. The summed E-state index contributed by atoms with van der Waals surface area (Å²) in [6.45, 7) is 1.01. The number of aromatic nitrogens is 4. The Hall–Kier alpha value is -3.74.